The second kappa shape index (κ2) is 9.06. The van der Waals surface area contributed by atoms with Gasteiger partial charge in [-0.2, -0.15) is 0 Å². The Morgan fingerprint density at radius 1 is 0.971 bits per heavy atom. The molecule has 1 aliphatic heterocycles. The third kappa shape index (κ3) is 4.40. The molecular formula is C24H23N3O6S. The van der Waals surface area contributed by atoms with Crippen LogP contribution < -0.4 is 24.4 Å². The second-order valence-corrected chi connectivity index (χ2v) is 9.27. The van der Waals surface area contributed by atoms with Gasteiger partial charge in [-0.15, -0.1) is 0 Å². The van der Waals surface area contributed by atoms with Gasteiger partial charge in [-0.3, -0.25) is 14.3 Å². The fourth-order valence-electron chi connectivity index (χ4n) is 3.68. The Balaban J connectivity index is 1.60. The fraction of sp³-hybridized carbons (Fsp3) is 0.167. The van der Waals surface area contributed by atoms with Gasteiger partial charge >= 0.3 is 0 Å². The summed E-state index contributed by atoms with van der Waals surface area (Å²) in [6.45, 7) is 0. The number of likely N-dealkylation sites (N-methyl/N-ethyl adjacent to an activating group) is 1. The van der Waals surface area contributed by atoms with Crippen LogP contribution in [0.2, 0.25) is 0 Å². The zero-order valence-electron chi connectivity index (χ0n) is 18.8. The number of amides is 2. The predicted octanol–water partition coefficient (Wildman–Crippen LogP) is 3.28. The number of hydrogen-bond donors (Lipinski definition) is 2. The molecule has 176 valence electrons. The van der Waals surface area contributed by atoms with E-state index in [-0.39, 0.29) is 28.5 Å². The summed E-state index contributed by atoms with van der Waals surface area (Å²) < 4.78 is 39.2. The summed E-state index contributed by atoms with van der Waals surface area (Å²) in [5, 5.41) is 2.74. The van der Waals surface area contributed by atoms with Crippen molar-refractivity contribution in [1.82, 2.24) is 0 Å². The molecule has 2 amide bonds. The number of carbonyl (C=O) groups is 2. The fourth-order valence-corrected chi connectivity index (χ4v) is 4.81. The monoisotopic (exact) mass is 481 g/mol. The van der Waals surface area contributed by atoms with Crippen molar-refractivity contribution in [2.45, 2.75) is 11.3 Å². The molecular weight excluding hydrogens is 458 g/mol. The normalized spacial score (nSPS) is 12.8. The van der Waals surface area contributed by atoms with Gasteiger partial charge in [-0.1, -0.05) is 12.1 Å². The first-order valence-electron chi connectivity index (χ1n) is 10.3. The standard InChI is InChI=1S/C24H23N3O6S/c1-27-21-11-9-17(12-15(21)13-23(27)28)34(30,31)26-19-7-5-4-6-18(19)24(29)25-20-10-8-16(32-2)14-22(20)33-3/h4-12,14,26H,13H2,1-3H3,(H,25,29). The van der Waals surface area contributed by atoms with Crippen LogP contribution >= 0.6 is 0 Å². The minimum atomic E-state index is -4.02. The number of nitrogens with zero attached hydrogens (tertiary/aromatic N) is 1. The van der Waals surface area contributed by atoms with Crippen molar-refractivity contribution in [2.75, 3.05) is 36.2 Å². The van der Waals surface area contributed by atoms with Crippen LogP contribution in [0.25, 0.3) is 0 Å². The quantitative estimate of drug-likeness (QED) is 0.535. The molecule has 2 N–H and O–H groups in total. The van der Waals surface area contributed by atoms with Gasteiger partial charge in [0.05, 0.1) is 42.5 Å². The minimum Gasteiger partial charge on any atom is -0.497 e. The van der Waals surface area contributed by atoms with E-state index in [9.17, 15) is 18.0 Å². The molecule has 10 heteroatoms. The molecule has 1 heterocycles. The SMILES string of the molecule is COc1ccc(NC(=O)c2ccccc2NS(=O)(=O)c2ccc3c(c2)CC(=O)N3C)c(OC)c1. The number of para-hydroxylation sites is 1. The van der Waals surface area contributed by atoms with Crippen molar-refractivity contribution in [3.05, 3.63) is 71.8 Å². The number of hydrogen-bond acceptors (Lipinski definition) is 6. The molecule has 1 aliphatic rings. The molecule has 0 unspecified atom stereocenters. The first-order chi connectivity index (χ1) is 16.2. The van der Waals surface area contributed by atoms with Crippen LogP contribution in [0.15, 0.2) is 65.6 Å². The maximum atomic E-state index is 13.1. The Morgan fingerprint density at radius 3 is 2.47 bits per heavy atom. The molecule has 9 nitrogen and oxygen atoms in total. The number of methoxy groups -OCH3 is 2. The van der Waals surface area contributed by atoms with Crippen molar-refractivity contribution in [3.8, 4) is 11.5 Å². The first-order valence-corrected chi connectivity index (χ1v) is 11.8. The van der Waals surface area contributed by atoms with Crippen molar-refractivity contribution in [1.29, 1.82) is 0 Å². The average molecular weight is 482 g/mol. The zero-order chi connectivity index (χ0) is 24.5. The highest BCUT2D eigenvalue weighted by Crippen LogP contribution is 2.32. The van der Waals surface area contributed by atoms with Crippen LogP contribution in [0.3, 0.4) is 0 Å². The second-order valence-electron chi connectivity index (χ2n) is 7.59. The van der Waals surface area contributed by atoms with Crippen LogP contribution in [0.4, 0.5) is 17.1 Å². The van der Waals surface area contributed by atoms with E-state index in [0.717, 1.165) is 0 Å². The lowest BCUT2D eigenvalue weighted by Gasteiger charge is -2.15. The number of ether oxygens (including phenoxy) is 2. The lowest BCUT2D eigenvalue weighted by Crippen LogP contribution is -2.20. The molecule has 0 spiro atoms. The van der Waals surface area contributed by atoms with E-state index in [1.807, 2.05) is 0 Å². The zero-order valence-corrected chi connectivity index (χ0v) is 19.6. The average Bonchev–Trinajstić information content (AvgIpc) is 3.12. The highest BCUT2D eigenvalue weighted by molar-refractivity contribution is 7.92. The van der Waals surface area contributed by atoms with E-state index in [2.05, 4.69) is 10.0 Å². The van der Waals surface area contributed by atoms with Gasteiger partial charge in [-0.25, -0.2) is 8.42 Å². The number of carbonyl (C=O) groups excluding carboxylic acids is 2. The van der Waals surface area contributed by atoms with E-state index in [0.29, 0.717) is 28.4 Å². The summed E-state index contributed by atoms with van der Waals surface area (Å²) in [4.78, 5) is 26.5. The van der Waals surface area contributed by atoms with E-state index in [1.165, 1.54) is 43.4 Å². The molecule has 0 aliphatic carbocycles. The molecule has 0 saturated carbocycles. The molecule has 34 heavy (non-hydrogen) atoms. The van der Waals surface area contributed by atoms with Crippen molar-refractivity contribution in [2.24, 2.45) is 0 Å². The molecule has 0 saturated heterocycles. The lowest BCUT2D eigenvalue weighted by atomic mass is 10.1. The molecule has 0 fully saturated rings. The molecule has 0 bridgehead atoms. The summed E-state index contributed by atoms with van der Waals surface area (Å²) in [5.41, 5.74) is 1.95. The van der Waals surface area contributed by atoms with Crippen molar-refractivity contribution >= 4 is 38.9 Å². The van der Waals surface area contributed by atoms with E-state index in [1.54, 1.807) is 43.4 Å². The summed E-state index contributed by atoms with van der Waals surface area (Å²) in [6.07, 6.45) is 0.137. The topological polar surface area (TPSA) is 114 Å². The molecule has 3 aromatic rings. The highest BCUT2D eigenvalue weighted by Gasteiger charge is 2.27. The number of sulfonamides is 1. The maximum Gasteiger partial charge on any atom is 0.261 e. The van der Waals surface area contributed by atoms with Crippen molar-refractivity contribution in [3.63, 3.8) is 0 Å². The van der Waals surface area contributed by atoms with Crippen LogP contribution in [-0.2, 0) is 21.2 Å². The molecule has 0 aromatic heterocycles. The van der Waals surface area contributed by atoms with Gasteiger partial charge < -0.3 is 19.7 Å². The molecule has 4 rings (SSSR count). The summed E-state index contributed by atoms with van der Waals surface area (Å²) >= 11 is 0. The molecule has 0 radical (unpaired) electrons. The summed E-state index contributed by atoms with van der Waals surface area (Å²) in [6, 6.07) is 15.7. The Kier molecular flexibility index (Phi) is 6.16. The Bertz CT molecular complexity index is 1390. The van der Waals surface area contributed by atoms with Crippen molar-refractivity contribution < 1.29 is 27.5 Å². The molecule has 3 aromatic carbocycles. The van der Waals surface area contributed by atoms with Gasteiger partial charge in [0.1, 0.15) is 11.5 Å². The largest absolute Gasteiger partial charge is 0.497 e. The van der Waals surface area contributed by atoms with Gasteiger partial charge in [0, 0.05) is 18.8 Å². The van der Waals surface area contributed by atoms with Crippen LogP contribution in [0.5, 0.6) is 11.5 Å². The Labute approximate surface area is 197 Å². The van der Waals surface area contributed by atoms with Gasteiger partial charge in [0.2, 0.25) is 5.91 Å². The maximum absolute atomic E-state index is 13.1. The van der Waals surface area contributed by atoms with E-state index >= 15 is 0 Å². The van der Waals surface area contributed by atoms with Gasteiger partial charge in [0.25, 0.3) is 15.9 Å². The predicted molar refractivity (Wildman–Crippen MR) is 128 cm³/mol. The van der Waals surface area contributed by atoms with Gasteiger partial charge in [0.15, 0.2) is 0 Å². The van der Waals surface area contributed by atoms with Crippen LogP contribution in [0.1, 0.15) is 15.9 Å². The summed E-state index contributed by atoms with van der Waals surface area (Å²) in [7, 11) is 0.612. The smallest absolute Gasteiger partial charge is 0.261 e. The number of benzene rings is 3. The molecule has 0 atom stereocenters. The van der Waals surface area contributed by atoms with E-state index in [4.69, 9.17) is 9.47 Å². The number of rotatable bonds is 7. The number of fused-ring (bicyclic) bond motifs is 1. The number of anilines is 3. The minimum absolute atomic E-state index is 0.00128. The first kappa shape index (κ1) is 23.1. The van der Waals surface area contributed by atoms with Crippen LogP contribution in [-0.4, -0.2) is 41.5 Å². The Hall–Kier alpha value is -4.05. The Morgan fingerprint density at radius 2 is 1.74 bits per heavy atom. The van der Waals surface area contributed by atoms with Gasteiger partial charge in [-0.05, 0) is 48.0 Å². The third-order valence-electron chi connectivity index (χ3n) is 5.51. The van der Waals surface area contributed by atoms with E-state index < -0.39 is 15.9 Å². The summed E-state index contributed by atoms with van der Waals surface area (Å²) in [5.74, 6) is 0.324. The van der Waals surface area contributed by atoms with Crippen LogP contribution in [0, 0.1) is 0 Å². The third-order valence-corrected chi connectivity index (χ3v) is 6.87. The lowest BCUT2D eigenvalue weighted by molar-refractivity contribution is -0.117. The highest BCUT2D eigenvalue weighted by atomic mass is 32.2. The number of nitrogens with one attached hydrogen (secondary N) is 2.